The number of hydrogen-bond donors (Lipinski definition) is 0. The first-order chi connectivity index (χ1) is 10.7. The molecule has 0 radical (unpaired) electrons. The maximum absolute atomic E-state index is 11.8. The Morgan fingerprint density at radius 2 is 1.82 bits per heavy atom. The molecule has 0 bridgehead atoms. The first kappa shape index (κ1) is 14.5. The molecule has 2 aromatic carbocycles. The summed E-state index contributed by atoms with van der Waals surface area (Å²) >= 11 is 3.43. The van der Waals surface area contributed by atoms with Gasteiger partial charge in [-0.25, -0.2) is 9.79 Å². The Bertz CT molecular complexity index is 754. The molecule has 22 heavy (non-hydrogen) atoms. The number of rotatable bonds is 4. The van der Waals surface area contributed by atoms with Crippen molar-refractivity contribution in [3.05, 3.63) is 70.3 Å². The molecule has 0 atom stereocenters. The molecule has 0 saturated heterocycles. The Hall–Kier alpha value is -2.40. The number of hydrogen-bond acceptors (Lipinski definition) is 4. The van der Waals surface area contributed by atoms with Crippen molar-refractivity contribution in [1.29, 1.82) is 0 Å². The van der Waals surface area contributed by atoms with Crippen molar-refractivity contribution >= 4 is 33.9 Å². The molecule has 0 fully saturated rings. The van der Waals surface area contributed by atoms with Crippen molar-refractivity contribution in [3.63, 3.8) is 0 Å². The maximum Gasteiger partial charge on any atom is 0.363 e. The van der Waals surface area contributed by atoms with Crippen molar-refractivity contribution in [3.8, 4) is 5.75 Å². The molecule has 0 spiro atoms. The Morgan fingerprint density at radius 3 is 2.59 bits per heavy atom. The van der Waals surface area contributed by atoms with Crippen LogP contribution >= 0.6 is 15.9 Å². The van der Waals surface area contributed by atoms with E-state index >= 15 is 0 Å². The van der Waals surface area contributed by atoms with Gasteiger partial charge in [-0.05, 0) is 29.8 Å². The van der Waals surface area contributed by atoms with Gasteiger partial charge in [0, 0.05) is 4.47 Å². The highest BCUT2D eigenvalue weighted by molar-refractivity contribution is 9.10. The fourth-order valence-electron chi connectivity index (χ4n) is 1.92. The summed E-state index contributed by atoms with van der Waals surface area (Å²) < 4.78 is 11.5. The lowest BCUT2D eigenvalue weighted by atomic mass is 10.2. The van der Waals surface area contributed by atoms with Gasteiger partial charge in [0.2, 0.25) is 5.90 Å². The zero-order chi connectivity index (χ0) is 15.4. The van der Waals surface area contributed by atoms with E-state index in [9.17, 15) is 4.79 Å². The van der Waals surface area contributed by atoms with Gasteiger partial charge in [-0.15, -0.1) is 0 Å². The van der Waals surface area contributed by atoms with Crippen molar-refractivity contribution in [2.75, 3.05) is 6.61 Å². The van der Waals surface area contributed by atoms with Crippen LogP contribution in [0.25, 0.3) is 6.08 Å². The summed E-state index contributed by atoms with van der Waals surface area (Å²) in [5, 5.41) is 0. The quantitative estimate of drug-likeness (QED) is 0.617. The summed E-state index contributed by atoms with van der Waals surface area (Å²) in [7, 11) is 0. The molecule has 1 aliphatic heterocycles. The second-order valence-electron chi connectivity index (χ2n) is 4.55. The highest BCUT2D eigenvalue weighted by atomic mass is 79.9. The zero-order valence-electron chi connectivity index (χ0n) is 11.5. The summed E-state index contributed by atoms with van der Waals surface area (Å²) in [4.78, 5) is 16.0. The van der Waals surface area contributed by atoms with Crippen LogP contribution in [-0.2, 0) is 9.53 Å². The average Bonchev–Trinajstić information content (AvgIpc) is 2.89. The van der Waals surface area contributed by atoms with E-state index in [1.165, 1.54) is 0 Å². The van der Waals surface area contributed by atoms with E-state index in [1.54, 1.807) is 6.08 Å². The predicted molar refractivity (Wildman–Crippen MR) is 87.6 cm³/mol. The van der Waals surface area contributed by atoms with E-state index in [0.29, 0.717) is 5.75 Å². The molecule has 0 amide bonds. The zero-order valence-corrected chi connectivity index (χ0v) is 13.1. The Labute approximate surface area is 136 Å². The topological polar surface area (TPSA) is 47.9 Å². The van der Waals surface area contributed by atoms with E-state index in [1.807, 2.05) is 54.6 Å². The maximum atomic E-state index is 11.8. The number of benzene rings is 2. The van der Waals surface area contributed by atoms with Gasteiger partial charge in [0.25, 0.3) is 0 Å². The minimum Gasteiger partial charge on any atom is -0.484 e. The monoisotopic (exact) mass is 357 g/mol. The van der Waals surface area contributed by atoms with Gasteiger partial charge >= 0.3 is 5.97 Å². The highest BCUT2D eigenvalue weighted by Crippen LogP contribution is 2.22. The van der Waals surface area contributed by atoms with E-state index in [2.05, 4.69) is 20.9 Å². The number of carbonyl (C=O) groups excluding carboxylic acids is 1. The fourth-order valence-corrected chi connectivity index (χ4v) is 2.32. The summed E-state index contributed by atoms with van der Waals surface area (Å²) in [5.41, 5.74) is 1.13. The molecule has 0 saturated carbocycles. The third-order valence-corrected chi connectivity index (χ3v) is 3.69. The first-order valence-corrected chi connectivity index (χ1v) is 7.45. The smallest absolute Gasteiger partial charge is 0.363 e. The summed E-state index contributed by atoms with van der Waals surface area (Å²) in [5.74, 6) is 0.485. The van der Waals surface area contributed by atoms with Gasteiger partial charge in [0.1, 0.15) is 5.75 Å². The summed E-state index contributed by atoms with van der Waals surface area (Å²) in [6.07, 6.45) is 1.68. The lowest BCUT2D eigenvalue weighted by Gasteiger charge is -2.03. The number of carbonyl (C=O) groups is 1. The van der Waals surface area contributed by atoms with Crippen LogP contribution < -0.4 is 4.74 Å². The number of cyclic esters (lactones) is 1. The number of nitrogens with zero attached hydrogens (tertiary/aromatic N) is 1. The lowest BCUT2D eigenvalue weighted by molar-refractivity contribution is -0.130. The minimum absolute atomic E-state index is 0.114. The molecule has 1 aliphatic rings. The number of halogens is 1. The summed E-state index contributed by atoms with van der Waals surface area (Å²) in [6, 6.07) is 16.9. The van der Waals surface area contributed by atoms with E-state index < -0.39 is 5.97 Å². The number of aliphatic imine (C=N–C) groups is 1. The van der Waals surface area contributed by atoms with Gasteiger partial charge in [0.05, 0.1) is 0 Å². The molecule has 110 valence electrons. The minimum atomic E-state index is -0.470. The van der Waals surface area contributed by atoms with Gasteiger partial charge < -0.3 is 9.47 Å². The molecular weight excluding hydrogens is 346 g/mol. The molecule has 2 aromatic rings. The lowest BCUT2D eigenvalue weighted by Crippen LogP contribution is -2.13. The van der Waals surface area contributed by atoms with Gasteiger partial charge in [-0.1, -0.05) is 52.3 Å². The van der Waals surface area contributed by atoms with Crippen LogP contribution in [0.4, 0.5) is 0 Å². The second kappa shape index (κ2) is 6.58. The average molecular weight is 358 g/mol. The van der Waals surface area contributed by atoms with Crippen LogP contribution in [-0.4, -0.2) is 18.5 Å². The van der Waals surface area contributed by atoms with E-state index in [4.69, 9.17) is 9.47 Å². The Kier molecular flexibility index (Phi) is 4.34. The molecule has 4 nitrogen and oxygen atoms in total. The molecule has 0 aliphatic carbocycles. The summed E-state index contributed by atoms with van der Waals surface area (Å²) in [6.45, 7) is 0.114. The predicted octanol–water partition coefficient (Wildman–Crippen LogP) is 3.82. The van der Waals surface area contributed by atoms with Crippen molar-refractivity contribution in [1.82, 2.24) is 0 Å². The third kappa shape index (κ3) is 3.43. The van der Waals surface area contributed by atoms with Crippen LogP contribution in [0, 0.1) is 0 Å². The third-order valence-electron chi connectivity index (χ3n) is 2.97. The van der Waals surface area contributed by atoms with Crippen LogP contribution in [0.3, 0.4) is 0 Å². The number of ether oxygens (including phenoxy) is 2. The first-order valence-electron chi connectivity index (χ1n) is 6.66. The molecule has 1 heterocycles. The Balaban J connectivity index is 1.73. The van der Waals surface area contributed by atoms with Crippen LogP contribution in [0.2, 0.25) is 0 Å². The van der Waals surface area contributed by atoms with Crippen LogP contribution in [0.1, 0.15) is 5.56 Å². The number of esters is 1. The second-order valence-corrected chi connectivity index (χ2v) is 5.40. The van der Waals surface area contributed by atoms with Crippen LogP contribution in [0.15, 0.2) is 69.8 Å². The van der Waals surface area contributed by atoms with E-state index in [0.717, 1.165) is 10.0 Å². The molecule has 3 rings (SSSR count). The molecular formula is C17H12BrNO3. The van der Waals surface area contributed by atoms with E-state index in [-0.39, 0.29) is 18.2 Å². The largest absolute Gasteiger partial charge is 0.484 e. The molecule has 0 unspecified atom stereocenters. The standard InChI is InChI=1S/C17H12BrNO3/c18-14-9-5-4-6-12(14)10-15-17(20)22-16(19-15)11-21-13-7-2-1-3-8-13/h1-10H,11H2/b15-10-. The van der Waals surface area contributed by atoms with Crippen molar-refractivity contribution in [2.24, 2.45) is 4.99 Å². The SMILES string of the molecule is O=C1OC(COc2ccccc2)=N/C1=C\c1ccccc1Br. The van der Waals surface area contributed by atoms with Crippen molar-refractivity contribution < 1.29 is 14.3 Å². The Morgan fingerprint density at radius 1 is 1.09 bits per heavy atom. The van der Waals surface area contributed by atoms with Gasteiger partial charge in [0.15, 0.2) is 12.3 Å². The van der Waals surface area contributed by atoms with Gasteiger partial charge in [-0.3, -0.25) is 0 Å². The van der Waals surface area contributed by atoms with Crippen molar-refractivity contribution in [2.45, 2.75) is 0 Å². The van der Waals surface area contributed by atoms with Gasteiger partial charge in [-0.2, -0.15) is 0 Å². The van der Waals surface area contributed by atoms with Crippen LogP contribution in [0.5, 0.6) is 5.75 Å². The molecule has 0 N–H and O–H groups in total. The fraction of sp³-hybridized carbons (Fsp3) is 0.0588. The molecule has 0 aromatic heterocycles. The number of para-hydroxylation sites is 1. The highest BCUT2D eigenvalue weighted by Gasteiger charge is 2.23. The normalized spacial score (nSPS) is 15.6. The molecule has 5 heteroatoms.